The first-order valence-electron chi connectivity index (χ1n) is 5.13. The molecule has 0 aliphatic carbocycles. The van der Waals surface area contributed by atoms with E-state index in [1.165, 1.54) is 13.8 Å². The Morgan fingerprint density at radius 3 is 2.29 bits per heavy atom. The zero-order valence-electron chi connectivity index (χ0n) is 9.80. The molecule has 1 atom stereocenters. The van der Waals surface area contributed by atoms with Crippen LogP contribution >= 0.6 is 0 Å². The second-order valence-electron chi connectivity index (χ2n) is 3.52. The third-order valence-corrected chi connectivity index (χ3v) is 1.90. The quantitative estimate of drug-likeness (QED) is 0.455. The van der Waals surface area contributed by atoms with Gasteiger partial charge in [-0.1, -0.05) is 24.8 Å². The number of carbonyl (C=O) groups is 2. The van der Waals surface area contributed by atoms with Crippen molar-refractivity contribution in [1.29, 1.82) is 0 Å². The minimum Gasteiger partial charge on any atom is -0.422 e. The van der Waals surface area contributed by atoms with Crippen LogP contribution in [0, 0.1) is 0 Å². The van der Waals surface area contributed by atoms with Crippen LogP contribution in [0.25, 0.3) is 0 Å². The molecule has 0 amide bonds. The summed E-state index contributed by atoms with van der Waals surface area (Å²) in [6.45, 7) is 6.43. The van der Waals surface area contributed by atoms with Gasteiger partial charge in [0, 0.05) is 12.5 Å². The highest BCUT2D eigenvalue weighted by Crippen LogP contribution is 2.06. The molecule has 4 heteroatoms. The fourth-order valence-electron chi connectivity index (χ4n) is 1.07. The summed E-state index contributed by atoms with van der Waals surface area (Å²) in [5, 5.41) is 0. The van der Waals surface area contributed by atoms with Crippen molar-refractivity contribution in [2.45, 2.75) is 20.1 Å². The number of benzene rings is 1. The average Bonchev–Trinajstić information content (AvgIpc) is 2.29. The Kier molecular flexibility index (Phi) is 4.46. The standard InChI is InChI=1S/C13H14O4/c1-9(2)12(14)16-10(3)17-13(15)11-7-5-4-6-8-11/h4-8,10H,1H2,2-3H3. The maximum Gasteiger partial charge on any atom is 0.341 e. The Morgan fingerprint density at radius 2 is 1.76 bits per heavy atom. The van der Waals surface area contributed by atoms with Crippen molar-refractivity contribution in [3.63, 3.8) is 0 Å². The third kappa shape index (κ3) is 4.10. The molecular formula is C13H14O4. The summed E-state index contributed by atoms with van der Waals surface area (Å²) in [6.07, 6.45) is -0.938. The lowest BCUT2D eigenvalue weighted by molar-refractivity contribution is -0.160. The van der Waals surface area contributed by atoms with Gasteiger partial charge >= 0.3 is 11.9 Å². The molecule has 90 valence electrons. The number of esters is 2. The maximum atomic E-state index is 11.6. The summed E-state index contributed by atoms with van der Waals surface area (Å²) in [5.74, 6) is -1.12. The molecule has 4 nitrogen and oxygen atoms in total. The van der Waals surface area contributed by atoms with Crippen molar-refractivity contribution in [1.82, 2.24) is 0 Å². The summed E-state index contributed by atoms with van der Waals surface area (Å²) >= 11 is 0. The van der Waals surface area contributed by atoms with Crippen LogP contribution in [0.3, 0.4) is 0 Å². The van der Waals surface area contributed by atoms with E-state index in [0.717, 1.165) is 0 Å². The Labute approximate surface area is 99.8 Å². The summed E-state index contributed by atoms with van der Waals surface area (Å²) in [5.41, 5.74) is 0.665. The van der Waals surface area contributed by atoms with Gasteiger partial charge in [0.1, 0.15) is 0 Å². The van der Waals surface area contributed by atoms with Crippen LogP contribution in [0.15, 0.2) is 42.5 Å². The predicted molar refractivity (Wildman–Crippen MR) is 62.2 cm³/mol. The summed E-state index contributed by atoms with van der Waals surface area (Å²) < 4.78 is 9.76. The molecule has 1 aromatic carbocycles. The van der Waals surface area contributed by atoms with Gasteiger partial charge in [-0.15, -0.1) is 0 Å². The van der Waals surface area contributed by atoms with Crippen molar-refractivity contribution in [3.8, 4) is 0 Å². The molecule has 1 rings (SSSR count). The molecule has 0 aliphatic rings. The van der Waals surface area contributed by atoms with E-state index in [-0.39, 0.29) is 5.57 Å². The molecule has 0 saturated heterocycles. The van der Waals surface area contributed by atoms with Crippen LogP contribution in [0.5, 0.6) is 0 Å². The smallest absolute Gasteiger partial charge is 0.341 e. The lowest BCUT2D eigenvalue weighted by atomic mass is 10.2. The van der Waals surface area contributed by atoms with Crippen molar-refractivity contribution < 1.29 is 19.1 Å². The topological polar surface area (TPSA) is 52.6 Å². The zero-order chi connectivity index (χ0) is 12.8. The molecule has 0 heterocycles. The van der Waals surface area contributed by atoms with E-state index in [1.807, 2.05) is 0 Å². The minimum atomic E-state index is -0.938. The second kappa shape index (κ2) is 5.84. The molecule has 1 unspecified atom stereocenters. The molecule has 17 heavy (non-hydrogen) atoms. The number of hydrogen-bond donors (Lipinski definition) is 0. The molecule has 1 aromatic rings. The largest absolute Gasteiger partial charge is 0.422 e. The highest BCUT2D eigenvalue weighted by Gasteiger charge is 2.15. The van der Waals surface area contributed by atoms with E-state index >= 15 is 0 Å². The minimum absolute atomic E-state index is 0.257. The van der Waals surface area contributed by atoms with Crippen LogP contribution < -0.4 is 0 Å². The van der Waals surface area contributed by atoms with Crippen LogP contribution in [-0.4, -0.2) is 18.2 Å². The molecule has 0 N–H and O–H groups in total. The first kappa shape index (κ1) is 13.0. The first-order valence-corrected chi connectivity index (χ1v) is 5.13. The van der Waals surface area contributed by atoms with Gasteiger partial charge in [-0.05, 0) is 19.1 Å². The van der Waals surface area contributed by atoms with Crippen LogP contribution in [-0.2, 0) is 14.3 Å². The van der Waals surface area contributed by atoms with E-state index < -0.39 is 18.2 Å². The van der Waals surface area contributed by atoms with Crippen LogP contribution in [0.4, 0.5) is 0 Å². The molecule has 0 bridgehead atoms. The normalized spacial score (nSPS) is 11.4. The van der Waals surface area contributed by atoms with Gasteiger partial charge in [-0.2, -0.15) is 0 Å². The lowest BCUT2D eigenvalue weighted by Gasteiger charge is -2.13. The Morgan fingerprint density at radius 1 is 1.18 bits per heavy atom. The highest BCUT2D eigenvalue weighted by atomic mass is 16.7. The number of hydrogen-bond acceptors (Lipinski definition) is 4. The molecule has 0 aromatic heterocycles. The number of rotatable bonds is 4. The highest BCUT2D eigenvalue weighted by molar-refractivity contribution is 5.90. The Balaban J connectivity index is 2.52. The Bertz CT molecular complexity index is 422. The Hall–Kier alpha value is -2.10. The monoisotopic (exact) mass is 234 g/mol. The van der Waals surface area contributed by atoms with Gasteiger partial charge in [0.15, 0.2) is 0 Å². The fraction of sp³-hybridized carbons (Fsp3) is 0.231. The van der Waals surface area contributed by atoms with E-state index in [0.29, 0.717) is 5.56 Å². The second-order valence-corrected chi connectivity index (χ2v) is 3.52. The predicted octanol–water partition coefficient (Wildman–Crippen LogP) is 2.31. The fourth-order valence-corrected chi connectivity index (χ4v) is 1.07. The third-order valence-electron chi connectivity index (χ3n) is 1.90. The average molecular weight is 234 g/mol. The van der Waals surface area contributed by atoms with Crippen molar-refractivity contribution in [2.75, 3.05) is 0 Å². The summed E-state index contributed by atoms with van der Waals surface area (Å²) in [7, 11) is 0. The lowest BCUT2D eigenvalue weighted by Crippen LogP contribution is -2.22. The molecule has 0 saturated carbocycles. The summed E-state index contributed by atoms with van der Waals surface area (Å²) in [6, 6.07) is 8.48. The van der Waals surface area contributed by atoms with Gasteiger partial charge in [-0.25, -0.2) is 9.59 Å². The van der Waals surface area contributed by atoms with Gasteiger partial charge in [-0.3, -0.25) is 0 Å². The molecule has 0 fully saturated rings. The van der Waals surface area contributed by atoms with E-state index in [4.69, 9.17) is 9.47 Å². The van der Waals surface area contributed by atoms with Gasteiger partial charge in [0.2, 0.25) is 6.29 Å². The molecule has 0 radical (unpaired) electrons. The van der Waals surface area contributed by atoms with Crippen molar-refractivity contribution in [3.05, 3.63) is 48.0 Å². The SMILES string of the molecule is C=C(C)C(=O)OC(C)OC(=O)c1ccccc1. The van der Waals surface area contributed by atoms with E-state index in [9.17, 15) is 9.59 Å². The zero-order valence-corrected chi connectivity index (χ0v) is 9.80. The van der Waals surface area contributed by atoms with E-state index in [1.54, 1.807) is 30.3 Å². The molecule has 0 aliphatic heterocycles. The summed E-state index contributed by atoms with van der Waals surface area (Å²) in [4.78, 5) is 22.7. The number of carbonyl (C=O) groups excluding carboxylic acids is 2. The van der Waals surface area contributed by atoms with Gasteiger partial charge in [0.25, 0.3) is 0 Å². The van der Waals surface area contributed by atoms with Crippen LogP contribution in [0.2, 0.25) is 0 Å². The van der Waals surface area contributed by atoms with Crippen molar-refractivity contribution in [2.24, 2.45) is 0 Å². The van der Waals surface area contributed by atoms with E-state index in [2.05, 4.69) is 6.58 Å². The number of ether oxygens (including phenoxy) is 2. The molecule has 0 spiro atoms. The molecular weight excluding hydrogens is 220 g/mol. The maximum absolute atomic E-state index is 11.6. The first-order chi connectivity index (χ1) is 8.00. The van der Waals surface area contributed by atoms with Gasteiger partial charge in [0.05, 0.1) is 5.56 Å². The van der Waals surface area contributed by atoms with Crippen molar-refractivity contribution >= 4 is 11.9 Å². The van der Waals surface area contributed by atoms with Gasteiger partial charge < -0.3 is 9.47 Å². The van der Waals surface area contributed by atoms with Crippen LogP contribution in [0.1, 0.15) is 24.2 Å².